The highest BCUT2D eigenvalue weighted by molar-refractivity contribution is 5.89. The number of aromatic nitrogens is 1. The Bertz CT molecular complexity index is 407. The SMILES string of the molecule is CC(C)Cc1c(C(=O)O)ccn1CC(N)=O. The van der Waals surface area contributed by atoms with Crippen molar-refractivity contribution < 1.29 is 14.7 Å². The highest BCUT2D eigenvalue weighted by atomic mass is 16.4. The van der Waals surface area contributed by atoms with Gasteiger partial charge >= 0.3 is 5.97 Å². The summed E-state index contributed by atoms with van der Waals surface area (Å²) in [5.41, 5.74) is 6.00. The van der Waals surface area contributed by atoms with Crippen LogP contribution in [0.5, 0.6) is 0 Å². The third kappa shape index (κ3) is 2.85. The van der Waals surface area contributed by atoms with Gasteiger partial charge in [0.2, 0.25) is 5.91 Å². The molecule has 0 unspecified atom stereocenters. The van der Waals surface area contributed by atoms with E-state index in [0.717, 1.165) is 0 Å². The smallest absolute Gasteiger partial charge is 0.337 e. The number of hydrogen-bond donors (Lipinski definition) is 2. The molecule has 88 valence electrons. The second kappa shape index (κ2) is 4.83. The molecule has 0 saturated heterocycles. The molecule has 1 heterocycles. The van der Waals surface area contributed by atoms with Gasteiger partial charge in [-0.3, -0.25) is 4.79 Å². The van der Waals surface area contributed by atoms with Crippen molar-refractivity contribution in [2.45, 2.75) is 26.8 Å². The third-order valence-electron chi connectivity index (χ3n) is 2.24. The Morgan fingerprint density at radius 1 is 1.50 bits per heavy atom. The average Bonchev–Trinajstić information content (AvgIpc) is 2.47. The van der Waals surface area contributed by atoms with Crippen molar-refractivity contribution in [3.05, 3.63) is 23.5 Å². The van der Waals surface area contributed by atoms with Crippen LogP contribution in [0.25, 0.3) is 0 Å². The first-order chi connectivity index (χ1) is 7.41. The highest BCUT2D eigenvalue weighted by Gasteiger charge is 2.16. The molecule has 0 fully saturated rings. The standard InChI is InChI=1S/C11H16N2O3/c1-7(2)5-9-8(11(15)16)3-4-13(9)6-10(12)14/h3-4,7H,5-6H2,1-2H3,(H2,12,14)(H,15,16). The van der Waals surface area contributed by atoms with Crippen LogP contribution < -0.4 is 5.73 Å². The molecular weight excluding hydrogens is 208 g/mol. The molecule has 0 bridgehead atoms. The Labute approximate surface area is 93.9 Å². The lowest BCUT2D eigenvalue weighted by molar-refractivity contribution is -0.118. The fraction of sp³-hybridized carbons (Fsp3) is 0.455. The molecule has 0 saturated carbocycles. The van der Waals surface area contributed by atoms with E-state index in [1.165, 1.54) is 6.07 Å². The maximum Gasteiger partial charge on any atom is 0.337 e. The van der Waals surface area contributed by atoms with Crippen LogP contribution in [-0.4, -0.2) is 21.6 Å². The Balaban J connectivity index is 3.08. The van der Waals surface area contributed by atoms with Gasteiger partial charge in [-0.05, 0) is 18.4 Å². The number of carbonyl (C=O) groups is 2. The first-order valence-electron chi connectivity index (χ1n) is 5.11. The fourth-order valence-corrected chi connectivity index (χ4v) is 1.63. The number of carbonyl (C=O) groups excluding carboxylic acids is 1. The van der Waals surface area contributed by atoms with E-state index in [1.54, 1.807) is 10.8 Å². The molecule has 0 spiro atoms. The van der Waals surface area contributed by atoms with Gasteiger partial charge in [0, 0.05) is 11.9 Å². The zero-order valence-corrected chi connectivity index (χ0v) is 9.43. The molecular formula is C11H16N2O3. The number of nitrogens with zero attached hydrogens (tertiary/aromatic N) is 1. The van der Waals surface area contributed by atoms with Gasteiger partial charge in [-0.15, -0.1) is 0 Å². The van der Waals surface area contributed by atoms with Crippen LogP contribution in [0.15, 0.2) is 12.3 Å². The molecule has 1 rings (SSSR count). The van der Waals surface area contributed by atoms with E-state index >= 15 is 0 Å². The van der Waals surface area contributed by atoms with E-state index in [4.69, 9.17) is 10.8 Å². The molecule has 16 heavy (non-hydrogen) atoms. The van der Waals surface area contributed by atoms with Gasteiger partial charge in [-0.1, -0.05) is 13.8 Å². The normalized spacial score (nSPS) is 10.7. The number of aromatic carboxylic acids is 1. The van der Waals surface area contributed by atoms with E-state index < -0.39 is 11.9 Å². The summed E-state index contributed by atoms with van der Waals surface area (Å²) >= 11 is 0. The van der Waals surface area contributed by atoms with E-state index in [9.17, 15) is 9.59 Å². The van der Waals surface area contributed by atoms with E-state index in [1.807, 2.05) is 13.8 Å². The van der Waals surface area contributed by atoms with Crippen molar-refractivity contribution >= 4 is 11.9 Å². The van der Waals surface area contributed by atoms with Crippen LogP contribution in [0.2, 0.25) is 0 Å². The van der Waals surface area contributed by atoms with Crippen molar-refractivity contribution in [3.8, 4) is 0 Å². The molecule has 0 aliphatic heterocycles. The van der Waals surface area contributed by atoms with E-state index in [0.29, 0.717) is 18.0 Å². The van der Waals surface area contributed by atoms with Crippen LogP contribution in [0, 0.1) is 5.92 Å². The summed E-state index contributed by atoms with van der Waals surface area (Å²) < 4.78 is 1.60. The molecule has 1 aromatic heterocycles. The van der Waals surface area contributed by atoms with Crippen LogP contribution in [-0.2, 0) is 17.8 Å². The lowest BCUT2D eigenvalue weighted by Gasteiger charge is -2.10. The summed E-state index contributed by atoms with van der Waals surface area (Å²) in [6.45, 7) is 4.01. The largest absolute Gasteiger partial charge is 0.478 e. The average molecular weight is 224 g/mol. The summed E-state index contributed by atoms with van der Waals surface area (Å²) in [4.78, 5) is 21.8. The molecule has 3 N–H and O–H groups in total. The quantitative estimate of drug-likeness (QED) is 0.778. The van der Waals surface area contributed by atoms with E-state index in [2.05, 4.69) is 0 Å². The maximum atomic E-state index is 11.0. The summed E-state index contributed by atoms with van der Waals surface area (Å²) in [6, 6.07) is 1.50. The van der Waals surface area contributed by atoms with Crippen molar-refractivity contribution in [1.29, 1.82) is 0 Å². The molecule has 5 heteroatoms. The molecule has 0 radical (unpaired) electrons. The van der Waals surface area contributed by atoms with Crippen molar-refractivity contribution in [1.82, 2.24) is 4.57 Å². The highest BCUT2D eigenvalue weighted by Crippen LogP contribution is 2.16. The summed E-state index contributed by atoms with van der Waals surface area (Å²) in [5, 5.41) is 9.00. The number of carboxylic acid groups (broad SMARTS) is 1. The Kier molecular flexibility index (Phi) is 3.71. The third-order valence-corrected chi connectivity index (χ3v) is 2.24. The van der Waals surface area contributed by atoms with Gasteiger partial charge in [0.1, 0.15) is 6.54 Å². The molecule has 5 nitrogen and oxygen atoms in total. The number of rotatable bonds is 5. The molecule has 0 aliphatic rings. The van der Waals surface area contributed by atoms with Crippen LogP contribution >= 0.6 is 0 Å². The summed E-state index contributed by atoms with van der Waals surface area (Å²) in [6.07, 6.45) is 2.20. The van der Waals surface area contributed by atoms with Gasteiger partial charge in [-0.2, -0.15) is 0 Å². The summed E-state index contributed by atoms with van der Waals surface area (Å²) in [5.74, 6) is -1.13. The second-order valence-electron chi connectivity index (χ2n) is 4.17. The fourth-order valence-electron chi connectivity index (χ4n) is 1.63. The lowest BCUT2D eigenvalue weighted by Crippen LogP contribution is -2.20. The van der Waals surface area contributed by atoms with Gasteiger partial charge in [0.05, 0.1) is 5.56 Å². The van der Waals surface area contributed by atoms with Crippen molar-refractivity contribution in [3.63, 3.8) is 0 Å². The number of amides is 1. The number of primary amides is 1. The number of nitrogens with two attached hydrogens (primary N) is 1. The lowest BCUT2D eigenvalue weighted by atomic mass is 10.1. The van der Waals surface area contributed by atoms with Crippen molar-refractivity contribution in [2.75, 3.05) is 0 Å². The van der Waals surface area contributed by atoms with Crippen LogP contribution in [0.3, 0.4) is 0 Å². The second-order valence-corrected chi connectivity index (χ2v) is 4.17. The molecule has 1 aromatic rings. The number of hydrogen-bond acceptors (Lipinski definition) is 2. The Morgan fingerprint density at radius 3 is 2.56 bits per heavy atom. The first kappa shape index (κ1) is 12.3. The minimum Gasteiger partial charge on any atom is -0.478 e. The topological polar surface area (TPSA) is 85.3 Å². The van der Waals surface area contributed by atoms with Crippen LogP contribution in [0.4, 0.5) is 0 Å². The van der Waals surface area contributed by atoms with Crippen molar-refractivity contribution in [2.24, 2.45) is 11.7 Å². The maximum absolute atomic E-state index is 11.0. The zero-order chi connectivity index (χ0) is 12.3. The van der Waals surface area contributed by atoms with E-state index in [-0.39, 0.29) is 12.1 Å². The Hall–Kier alpha value is -1.78. The summed E-state index contributed by atoms with van der Waals surface area (Å²) in [7, 11) is 0. The first-order valence-corrected chi connectivity index (χ1v) is 5.11. The zero-order valence-electron chi connectivity index (χ0n) is 9.43. The van der Waals surface area contributed by atoms with Gasteiger partial charge in [0.25, 0.3) is 0 Å². The minimum absolute atomic E-state index is 0.0231. The number of carboxylic acids is 1. The molecule has 0 aliphatic carbocycles. The van der Waals surface area contributed by atoms with Gasteiger partial charge in [-0.25, -0.2) is 4.79 Å². The predicted molar refractivity (Wildman–Crippen MR) is 59.1 cm³/mol. The monoisotopic (exact) mass is 224 g/mol. The van der Waals surface area contributed by atoms with Gasteiger partial charge < -0.3 is 15.4 Å². The Morgan fingerprint density at radius 2 is 2.12 bits per heavy atom. The predicted octanol–water partition coefficient (Wildman–Crippen LogP) is 0.870. The minimum atomic E-state index is -0.973. The van der Waals surface area contributed by atoms with Crippen LogP contribution in [0.1, 0.15) is 29.9 Å². The molecule has 0 aromatic carbocycles. The van der Waals surface area contributed by atoms with Gasteiger partial charge in [0.15, 0.2) is 0 Å². The molecule has 1 amide bonds. The molecule has 0 atom stereocenters.